The first-order chi connectivity index (χ1) is 8.78. The molecule has 108 valence electrons. The highest BCUT2D eigenvalue weighted by Crippen LogP contribution is 2.21. The summed E-state index contributed by atoms with van der Waals surface area (Å²) >= 11 is 0. The van der Waals surface area contributed by atoms with Crippen molar-refractivity contribution in [2.24, 2.45) is 5.41 Å². The van der Waals surface area contributed by atoms with Gasteiger partial charge in [0.05, 0.1) is 6.10 Å². The Labute approximate surface area is 118 Å². The molecule has 1 rings (SSSR count). The summed E-state index contributed by atoms with van der Waals surface area (Å²) < 4.78 is 5.74. The van der Waals surface area contributed by atoms with Gasteiger partial charge in [0.2, 0.25) is 0 Å². The first-order valence-electron chi connectivity index (χ1n) is 7.28. The SMILES string of the molecule is CC(C)Oc1cccc(C(C)NCCC(C)(C)C)c1. The average molecular weight is 263 g/mol. The van der Waals surface area contributed by atoms with E-state index < -0.39 is 0 Å². The Hall–Kier alpha value is -1.02. The van der Waals surface area contributed by atoms with Gasteiger partial charge in [0.15, 0.2) is 0 Å². The summed E-state index contributed by atoms with van der Waals surface area (Å²) in [4.78, 5) is 0. The second-order valence-electron chi connectivity index (χ2n) is 6.73. The molecule has 0 aliphatic carbocycles. The maximum Gasteiger partial charge on any atom is 0.120 e. The number of hydrogen-bond acceptors (Lipinski definition) is 2. The molecule has 1 N–H and O–H groups in total. The van der Waals surface area contributed by atoms with Crippen LogP contribution in [0.4, 0.5) is 0 Å². The maximum atomic E-state index is 5.74. The van der Waals surface area contributed by atoms with Crippen LogP contribution < -0.4 is 10.1 Å². The van der Waals surface area contributed by atoms with Gasteiger partial charge in [0.1, 0.15) is 5.75 Å². The van der Waals surface area contributed by atoms with Crippen LogP contribution in [0.15, 0.2) is 24.3 Å². The molecule has 1 aromatic carbocycles. The Morgan fingerprint density at radius 3 is 2.42 bits per heavy atom. The zero-order valence-electron chi connectivity index (χ0n) is 13.3. The van der Waals surface area contributed by atoms with Crippen LogP contribution in [-0.4, -0.2) is 12.6 Å². The van der Waals surface area contributed by atoms with Crippen LogP contribution >= 0.6 is 0 Å². The van der Waals surface area contributed by atoms with Gasteiger partial charge in [-0.15, -0.1) is 0 Å². The van der Waals surface area contributed by atoms with Crippen molar-refractivity contribution in [1.29, 1.82) is 0 Å². The van der Waals surface area contributed by atoms with Crippen molar-refractivity contribution in [2.45, 2.75) is 60.1 Å². The van der Waals surface area contributed by atoms with Gasteiger partial charge in [-0.3, -0.25) is 0 Å². The Balaban J connectivity index is 2.54. The molecule has 0 fully saturated rings. The van der Waals surface area contributed by atoms with Gasteiger partial charge in [0, 0.05) is 6.04 Å². The van der Waals surface area contributed by atoms with Crippen molar-refractivity contribution in [3.63, 3.8) is 0 Å². The molecule has 0 aliphatic heterocycles. The molecule has 2 nitrogen and oxygen atoms in total. The molecule has 2 heteroatoms. The second-order valence-corrected chi connectivity index (χ2v) is 6.73. The number of hydrogen-bond donors (Lipinski definition) is 1. The number of benzene rings is 1. The number of ether oxygens (including phenoxy) is 1. The first-order valence-corrected chi connectivity index (χ1v) is 7.28. The molecule has 0 heterocycles. The van der Waals surface area contributed by atoms with E-state index in [4.69, 9.17) is 4.74 Å². The van der Waals surface area contributed by atoms with Crippen LogP contribution in [0, 0.1) is 5.41 Å². The fourth-order valence-electron chi connectivity index (χ4n) is 1.91. The maximum absolute atomic E-state index is 5.74. The molecule has 0 saturated heterocycles. The van der Waals surface area contributed by atoms with Crippen molar-refractivity contribution >= 4 is 0 Å². The van der Waals surface area contributed by atoms with E-state index in [0.717, 1.165) is 12.3 Å². The molecule has 0 radical (unpaired) electrons. The van der Waals surface area contributed by atoms with Crippen LogP contribution in [0.2, 0.25) is 0 Å². The number of rotatable bonds is 6. The summed E-state index contributed by atoms with van der Waals surface area (Å²) in [7, 11) is 0. The average Bonchev–Trinajstić information content (AvgIpc) is 2.26. The van der Waals surface area contributed by atoms with Gasteiger partial charge in [-0.2, -0.15) is 0 Å². The predicted molar refractivity (Wildman–Crippen MR) is 82.7 cm³/mol. The van der Waals surface area contributed by atoms with E-state index in [2.05, 4.69) is 65.1 Å². The minimum Gasteiger partial charge on any atom is -0.491 e. The van der Waals surface area contributed by atoms with Crippen molar-refractivity contribution in [2.75, 3.05) is 6.54 Å². The number of nitrogens with one attached hydrogen (secondary N) is 1. The predicted octanol–water partition coefficient (Wildman–Crippen LogP) is 4.56. The third-order valence-electron chi connectivity index (χ3n) is 3.06. The Morgan fingerprint density at radius 1 is 1.16 bits per heavy atom. The van der Waals surface area contributed by atoms with E-state index in [9.17, 15) is 0 Å². The lowest BCUT2D eigenvalue weighted by Crippen LogP contribution is -2.23. The summed E-state index contributed by atoms with van der Waals surface area (Å²) in [5.74, 6) is 0.956. The lowest BCUT2D eigenvalue weighted by molar-refractivity contribution is 0.242. The summed E-state index contributed by atoms with van der Waals surface area (Å²) in [6.07, 6.45) is 1.40. The highest BCUT2D eigenvalue weighted by Gasteiger charge is 2.11. The zero-order chi connectivity index (χ0) is 14.5. The zero-order valence-corrected chi connectivity index (χ0v) is 13.3. The van der Waals surface area contributed by atoms with Crippen molar-refractivity contribution in [1.82, 2.24) is 5.32 Å². The van der Waals surface area contributed by atoms with Crippen LogP contribution in [0.25, 0.3) is 0 Å². The third-order valence-corrected chi connectivity index (χ3v) is 3.06. The highest BCUT2D eigenvalue weighted by molar-refractivity contribution is 5.30. The molecule has 0 bridgehead atoms. The molecule has 1 atom stereocenters. The molecule has 0 amide bonds. The highest BCUT2D eigenvalue weighted by atomic mass is 16.5. The molecule has 0 saturated carbocycles. The lowest BCUT2D eigenvalue weighted by atomic mass is 9.92. The smallest absolute Gasteiger partial charge is 0.120 e. The van der Waals surface area contributed by atoms with E-state index in [-0.39, 0.29) is 6.10 Å². The fraction of sp³-hybridized carbons (Fsp3) is 0.647. The Bertz CT molecular complexity index is 379. The standard InChI is InChI=1S/C17H29NO/c1-13(2)19-16-9-7-8-15(12-16)14(3)18-11-10-17(4,5)6/h7-9,12-14,18H,10-11H2,1-6H3. The third kappa shape index (κ3) is 6.63. The van der Waals surface area contributed by atoms with Crippen LogP contribution in [-0.2, 0) is 0 Å². The first kappa shape index (κ1) is 16.0. The molecule has 0 aromatic heterocycles. The fourth-order valence-corrected chi connectivity index (χ4v) is 1.91. The monoisotopic (exact) mass is 263 g/mol. The van der Waals surface area contributed by atoms with E-state index in [0.29, 0.717) is 11.5 Å². The van der Waals surface area contributed by atoms with Gasteiger partial charge in [-0.1, -0.05) is 32.9 Å². The Morgan fingerprint density at radius 2 is 1.84 bits per heavy atom. The normalized spacial score (nSPS) is 13.6. The summed E-state index contributed by atoms with van der Waals surface area (Å²) in [6, 6.07) is 8.73. The minimum atomic E-state index is 0.222. The van der Waals surface area contributed by atoms with Gasteiger partial charge in [-0.05, 0) is 56.8 Å². The van der Waals surface area contributed by atoms with Crippen molar-refractivity contribution in [3.05, 3.63) is 29.8 Å². The summed E-state index contributed by atoms with van der Waals surface area (Å²) in [6.45, 7) is 14.2. The van der Waals surface area contributed by atoms with Crippen LogP contribution in [0.5, 0.6) is 5.75 Å². The molecular weight excluding hydrogens is 234 g/mol. The summed E-state index contributed by atoms with van der Waals surface area (Å²) in [5.41, 5.74) is 1.67. The van der Waals surface area contributed by atoms with E-state index >= 15 is 0 Å². The van der Waals surface area contributed by atoms with E-state index in [1.807, 2.05) is 6.07 Å². The van der Waals surface area contributed by atoms with Crippen molar-refractivity contribution < 1.29 is 4.74 Å². The molecule has 0 spiro atoms. The van der Waals surface area contributed by atoms with E-state index in [1.54, 1.807) is 0 Å². The summed E-state index contributed by atoms with van der Waals surface area (Å²) in [5, 5.41) is 3.58. The molecule has 0 aliphatic rings. The minimum absolute atomic E-state index is 0.222. The Kier molecular flexibility index (Phi) is 5.86. The molecule has 19 heavy (non-hydrogen) atoms. The van der Waals surface area contributed by atoms with E-state index in [1.165, 1.54) is 12.0 Å². The largest absolute Gasteiger partial charge is 0.491 e. The molecule has 1 unspecified atom stereocenters. The van der Waals surface area contributed by atoms with Gasteiger partial charge in [-0.25, -0.2) is 0 Å². The topological polar surface area (TPSA) is 21.3 Å². The quantitative estimate of drug-likeness (QED) is 0.812. The molecular formula is C17H29NO. The van der Waals surface area contributed by atoms with Crippen LogP contribution in [0.1, 0.15) is 59.6 Å². The van der Waals surface area contributed by atoms with Gasteiger partial charge >= 0.3 is 0 Å². The molecule has 1 aromatic rings. The van der Waals surface area contributed by atoms with Crippen molar-refractivity contribution in [3.8, 4) is 5.75 Å². The van der Waals surface area contributed by atoms with Crippen LogP contribution in [0.3, 0.4) is 0 Å². The second kappa shape index (κ2) is 6.95. The van der Waals surface area contributed by atoms with Gasteiger partial charge in [0.25, 0.3) is 0 Å². The lowest BCUT2D eigenvalue weighted by Gasteiger charge is -2.21. The van der Waals surface area contributed by atoms with Gasteiger partial charge < -0.3 is 10.1 Å².